The number of anilines is 1. The molecule has 1 heterocycles. The van der Waals surface area contributed by atoms with Crippen LogP contribution in [0.3, 0.4) is 0 Å². The normalized spacial score (nSPS) is 15.9. The number of ether oxygens (including phenoxy) is 2. The van der Waals surface area contributed by atoms with Crippen LogP contribution in [0.25, 0.3) is 0 Å². The van der Waals surface area contributed by atoms with Gasteiger partial charge in [0.25, 0.3) is 0 Å². The number of halogens is 1. The summed E-state index contributed by atoms with van der Waals surface area (Å²) in [6, 6.07) is 8.00. The van der Waals surface area contributed by atoms with Crippen molar-refractivity contribution < 1.29 is 19.1 Å². The second-order valence-corrected chi connectivity index (χ2v) is 9.59. The Kier molecular flexibility index (Phi) is 8.77. The summed E-state index contributed by atoms with van der Waals surface area (Å²) < 4.78 is 11.9. The number of rotatable bonds is 8. The molecular weight excluding hydrogens is 448 g/mol. The number of nitrogens with one attached hydrogen (secondary N) is 1. The summed E-state index contributed by atoms with van der Waals surface area (Å²) in [7, 11) is 0. The van der Waals surface area contributed by atoms with E-state index >= 15 is 0 Å². The number of esters is 1. The van der Waals surface area contributed by atoms with E-state index in [1.54, 1.807) is 11.0 Å². The predicted molar refractivity (Wildman–Crippen MR) is 122 cm³/mol. The number of amides is 1. The molecule has 0 aromatic heterocycles. The summed E-state index contributed by atoms with van der Waals surface area (Å²) in [6.07, 6.45) is 3.92. The fourth-order valence-electron chi connectivity index (χ4n) is 3.51. The number of piperidine rings is 1. The second-order valence-electron chi connectivity index (χ2n) is 8.67. The highest BCUT2D eigenvalue weighted by atomic mass is 79.9. The third-order valence-electron chi connectivity index (χ3n) is 5.14. The minimum atomic E-state index is -0.580. The van der Waals surface area contributed by atoms with E-state index in [0.717, 1.165) is 23.1 Å². The highest BCUT2D eigenvalue weighted by Gasteiger charge is 2.43. The van der Waals surface area contributed by atoms with Crippen LogP contribution in [0.15, 0.2) is 41.4 Å². The van der Waals surface area contributed by atoms with Gasteiger partial charge in [-0.1, -0.05) is 28.6 Å². The van der Waals surface area contributed by atoms with Crippen molar-refractivity contribution in [2.45, 2.75) is 52.1 Å². The van der Waals surface area contributed by atoms with Gasteiger partial charge < -0.3 is 19.7 Å². The zero-order chi connectivity index (χ0) is 22.2. The van der Waals surface area contributed by atoms with Gasteiger partial charge >= 0.3 is 12.1 Å². The van der Waals surface area contributed by atoms with Gasteiger partial charge in [-0.25, -0.2) is 4.79 Å². The monoisotopic (exact) mass is 480 g/mol. The number of hydrogen-bond acceptors (Lipinski definition) is 5. The third-order valence-corrected chi connectivity index (χ3v) is 5.67. The van der Waals surface area contributed by atoms with Crippen molar-refractivity contribution in [3.8, 4) is 0 Å². The summed E-state index contributed by atoms with van der Waals surface area (Å²) in [4.78, 5) is 26.9. The number of benzene rings is 1. The number of carbonyl (C=O) groups is 2. The Labute approximate surface area is 188 Å². The molecule has 0 saturated carbocycles. The number of likely N-dealkylation sites (tertiary alicyclic amines) is 1. The lowest BCUT2D eigenvalue weighted by Crippen LogP contribution is -2.48. The lowest BCUT2D eigenvalue weighted by atomic mass is 9.74. The Morgan fingerprint density at radius 2 is 1.87 bits per heavy atom. The molecule has 7 heteroatoms. The largest absolute Gasteiger partial charge is 0.461 e. The zero-order valence-corrected chi connectivity index (χ0v) is 19.8. The summed E-state index contributed by atoms with van der Waals surface area (Å²) in [5.74, 6) is -0.199. The molecule has 30 heavy (non-hydrogen) atoms. The van der Waals surface area contributed by atoms with Crippen molar-refractivity contribution >= 4 is 33.7 Å². The first-order valence-electron chi connectivity index (χ1n) is 10.4. The Morgan fingerprint density at radius 1 is 1.23 bits per heavy atom. The Hall–Kier alpha value is -2.02. The maximum Gasteiger partial charge on any atom is 0.410 e. The highest BCUT2D eigenvalue weighted by molar-refractivity contribution is 9.10. The van der Waals surface area contributed by atoms with Crippen LogP contribution in [0, 0.1) is 5.41 Å². The van der Waals surface area contributed by atoms with E-state index in [9.17, 15) is 9.59 Å². The molecule has 0 bridgehead atoms. The molecule has 1 fully saturated rings. The van der Waals surface area contributed by atoms with Crippen LogP contribution in [0.2, 0.25) is 0 Å². The SMILES string of the molecule is C=CCOC(=O)C1(CCCNc2ccc(Br)cc2)CCN(C(=O)OC(C)(C)C)CC1. The van der Waals surface area contributed by atoms with E-state index in [-0.39, 0.29) is 18.7 Å². The standard InChI is InChI=1S/C23H33BrN2O4/c1-5-17-29-20(27)23(11-6-14-25-19-9-7-18(24)8-10-19)12-15-26(16-13-23)21(28)30-22(2,3)4/h5,7-10,25H,1,6,11-17H2,2-4H3. The first kappa shape index (κ1) is 24.3. The molecule has 1 aromatic rings. The lowest BCUT2D eigenvalue weighted by Gasteiger charge is -2.40. The fraction of sp³-hybridized carbons (Fsp3) is 0.565. The van der Waals surface area contributed by atoms with E-state index < -0.39 is 11.0 Å². The molecule has 0 unspecified atom stereocenters. The predicted octanol–water partition coefficient (Wildman–Crippen LogP) is 5.39. The van der Waals surface area contributed by atoms with Crippen LogP contribution < -0.4 is 5.32 Å². The Bertz CT molecular complexity index is 720. The molecule has 1 aliphatic rings. The van der Waals surface area contributed by atoms with Gasteiger partial charge in [-0.2, -0.15) is 0 Å². The van der Waals surface area contributed by atoms with Gasteiger partial charge in [0, 0.05) is 29.8 Å². The summed E-state index contributed by atoms with van der Waals surface area (Å²) in [5, 5.41) is 3.39. The number of hydrogen-bond donors (Lipinski definition) is 1. The van der Waals surface area contributed by atoms with E-state index in [1.165, 1.54) is 0 Å². The van der Waals surface area contributed by atoms with Gasteiger partial charge in [-0.3, -0.25) is 4.79 Å². The second kappa shape index (κ2) is 10.8. The first-order valence-corrected chi connectivity index (χ1v) is 11.2. The van der Waals surface area contributed by atoms with E-state index in [1.807, 2.05) is 45.0 Å². The smallest absolute Gasteiger partial charge is 0.410 e. The summed E-state index contributed by atoms with van der Waals surface area (Å²) in [6.45, 7) is 11.1. The third kappa shape index (κ3) is 7.35. The van der Waals surface area contributed by atoms with Crippen molar-refractivity contribution in [2.24, 2.45) is 5.41 Å². The maximum absolute atomic E-state index is 12.9. The zero-order valence-electron chi connectivity index (χ0n) is 18.2. The quantitative estimate of drug-likeness (QED) is 0.307. The minimum absolute atomic E-state index is 0.199. The van der Waals surface area contributed by atoms with Gasteiger partial charge in [-0.15, -0.1) is 0 Å². The number of carbonyl (C=O) groups excluding carboxylic acids is 2. The van der Waals surface area contributed by atoms with E-state index in [2.05, 4.69) is 27.8 Å². The van der Waals surface area contributed by atoms with Gasteiger partial charge in [0.05, 0.1) is 5.41 Å². The average Bonchev–Trinajstić information content (AvgIpc) is 2.69. The van der Waals surface area contributed by atoms with Crippen LogP contribution >= 0.6 is 15.9 Å². The molecule has 0 spiro atoms. The van der Waals surface area contributed by atoms with Crippen LogP contribution in [-0.2, 0) is 14.3 Å². The van der Waals surface area contributed by atoms with Crippen LogP contribution in [0.4, 0.5) is 10.5 Å². The molecule has 6 nitrogen and oxygen atoms in total. The molecule has 0 radical (unpaired) electrons. The summed E-state index contributed by atoms with van der Waals surface area (Å²) >= 11 is 3.43. The molecule has 1 aromatic carbocycles. The number of nitrogens with zero attached hydrogens (tertiary/aromatic N) is 1. The topological polar surface area (TPSA) is 67.9 Å². The highest BCUT2D eigenvalue weighted by Crippen LogP contribution is 2.38. The van der Waals surface area contributed by atoms with Crippen LogP contribution in [0.1, 0.15) is 46.5 Å². The molecule has 0 atom stereocenters. The van der Waals surface area contributed by atoms with Gasteiger partial charge in [-0.05, 0) is 70.7 Å². The fourth-order valence-corrected chi connectivity index (χ4v) is 3.78. The molecule has 166 valence electrons. The van der Waals surface area contributed by atoms with Gasteiger partial charge in [0.1, 0.15) is 12.2 Å². The molecule has 2 rings (SSSR count). The van der Waals surface area contributed by atoms with Crippen molar-refractivity contribution in [3.05, 3.63) is 41.4 Å². The molecule has 1 amide bonds. The van der Waals surface area contributed by atoms with E-state index in [0.29, 0.717) is 32.4 Å². The minimum Gasteiger partial charge on any atom is -0.461 e. The van der Waals surface area contributed by atoms with Crippen molar-refractivity contribution in [3.63, 3.8) is 0 Å². The Morgan fingerprint density at radius 3 is 2.43 bits per heavy atom. The van der Waals surface area contributed by atoms with Crippen molar-refractivity contribution in [1.29, 1.82) is 0 Å². The summed E-state index contributed by atoms with van der Waals surface area (Å²) in [5.41, 5.74) is -0.0722. The van der Waals surface area contributed by atoms with Crippen molar-refractivity contribution in [1.82, 2.24) is 4.90 Å². The lowest BCUT2D eigenvalue weighted by molar-refractivity contribution is -0.158. The Balaban J connectivity index is 1.94. The molecular formula is C23H33BrN2O4. The molecule has 1 aliphatic heterocycles. The van der Waals surface area contributed by atoms with E-state index in [4.69, 9.17) is 9.47 Å². The van der Waals surface area contributed by atoms with Crippen LogP contribution in [-0.4, -0.2) is 48.8 Å². The molecule has 1 N–H and O–H groups in total. The molecule has 0 aliphatic carbocycles. The van der Waals surface area contributed by atoms with Gasteiger partial charge in [0.2, 0.25) is 0 Å². The average molecular weight is 481 g/mol. The maximum atomic E-state index is 12.9. The first-order chi connectivity index (χ1) is 14.1. The van der Waals surface area contributed by atoms with Gasteiger partial charge in [0.15, 0.2) is 0 Å². The van der Waals surface area contributed by atoms with Crippen molar-refractivity contribution in [2.75, 3.05) is 31.6 Å². The van der Waals surface area contributed by atoms with Crippen LogP contribution in [0.5, 0.6) is 0 Å². The molecule has 1 saturated heterocycles.